The third-order valence-corrected chi connectivity index (χ3v) is 4.27. The third kappa shape index (κ3) is 3.98. The number of rotatable bonds is 4. The highest BCUT2D eigenvalue weighted by molar-refractivity contribution is 5.29. The summed E-state index contributed by atoms with van der Waals surface area (Å²) in [6.07, 6.45) is 0.462. The van der Waals surface area contributed by atoms with E-state index < -0.39 is 11.7 Å². The van der Waals surface area contributed by atoms with Crippen molar-refractivity contribution in [1.82, 2.24) is 5.32 Å². The maximum Gasteiger partial charge on any atom is 0.416 e. The fraction of sp³-hybridized carbons (Fsp3) is 0.625. The molecule has 1 saturated heterocycles. The lowest BCUT2D eigenvalue weighted by Crippen LogP contribution is -2.38. The van der Waals surface area contributed by atoms with E-state index in [9.17, 15) is 13.2 Å². The molecule has 1 heterocycles. The van der Waals surface area contributed by atoms with Gasteiger partial charge in [0, 0.05) is 6.04 Å². The molecular formula is C16H22F3N. The molecule has 0 aromatic heterocycles. The van der Waals surface area contributed by atoms with Crippen LogP contribution in [0, 0.1) is 5.92 Å². The molecule has 2 unspecified atom stereocenters. The SMILES string of the molecule is CCC1CCNC(CCc2ccccc2C(F)(F)F)C1. The molecule has 1 aliphatic rings. The van der Waals surface area contributed by atoms with E-state index in [2.05, 4.69) is 12.2 Å². The van der Waals surface area contributed by atoms with Gasteiger partial charge in [0.15, 0.2) is 0 Å². The summed E-state index contributed by atoms with van der Waals surface area (Å²) in [5.74, 6) is 0.721. The van der Waals surface area contributed by atoms with Crippen molar-refractivity contribution in [2.45, 2.75) is 51.2 Å². The van der Waals surface area contributed by atoms with Crippen LogP contribution >= 0.6 is 0 Å². The molecule has 1 N–H and O–H groups in total. The largest absolute Gasteiger partial charge is 0.416 e. The summed E-state index contributed by atoms with van der Waals surface area (Å²) in [4.78, 5) is 0. The molecule has 0 saturated carbocycles. The monoisotopic (exact) mass is 285 g/mol. The Balaban J connectivity index is 1.97. The number of aryl methyl sites for hydroxylation is 1. The Bertz CT molecular complexity index is 428. The molecule has 2 rings (SSSR count). The van der Waals surface area contributed by atoms with Crippen molar-refractivity contribution in [2.75, 3.05) is 6.54 Å². The van der Waals surface area contributed by atoms with Crippen LogP contribution in [0.5, 0.6) is 0 Å². The summed E-state index contributed by atoms with van der Waals surface area (Å²) in [5, 5.41) is 3.43. The minimum absolute atomic E-state index is 0.356. The van der Waals surface area contributed by atoms with Crippen molar-refractivity contribution in [3.8, 4) is 0 Å². The van der Waals surface area contributed by atoms with Crippen LogP contribution in [0.1, 0.15) is 43.7 Å². The Labute approximate surface area is 118 Å². The van der Waals surface area contributed by atoms with Gasteiger partial charge in [0.25, 0.3) is 0 Å². The van der Waals surface area contributed by atoms with Crippen LogP contribution in [0.4, 0.5) is 13.2 Å². The van der Waals surface area contributed by atoms with Gasteiger partial charge in [-0.1, -0.05) is 31.5 Å². The van der Waals surface area contributed by atoms with Crippen LogP contribution in [0.2, 0.25) is 0 Å². The number of benzene rings is 1. The van der Waals surface area contributed by atoms with E-state index in [1.165, 1.54) is 18.6 Å². The summed E-state index contributed by atoms with van der Waals surface area (Å²) in [7, 11) is 0. The molecular weight excluding hydrogens is 263 g/mol. The van der Waals surface area contributed by atoms with E-state index in [0.29, 0.717) is 18.0 Å². The van der Waals surface area contributed by atoms with E-state index in [0.717, 1.165) is 31.7 Å². The number of alkyl halides is 3. The first-order chi connectivity index (χ1) is 9.50. The van der Waals surface area contributed by atoms with Crippen LogP contribution < -0.4 is 5.32 Å². The zero-order chi connectivity index (χ0) is 14.6. The van der Waals surface area contributed by atoms with Crippen molar-refractivity contribution in [3.05, 3.63) is 35.4 Å². The lowest BCUT2D eigenvalue weighted by molar-refractivity contribution is -0.138. The molecule has 0 bridgehead atoms. The van der Waals surface area contributed by atoms with Gasteiger partial charge in [0.2, 0.25) is 0 Å². The second kappa shape index (κ2) is 6.61. The quantitative estimate of drug-likeness (QED) is 0.863. The Morgan fingerprint density at radius 2 is 2.00 bits per heavy atom. The van der Waals surface area contributed by atoms with Crippen molar-refractivity contribution in [2.24, 2.45) is 5.92 Å². The second-order valence-electron chi connectivity index (χ2n) is 5.64. The van der Waals surface area contributed by atoms with E-state index in [4.69, 9.17) is 0 Å². The first kappa shape index (κ1) is 15.4. The average molecular weight is 285 g/mol. The van der Waals surface area contributed by atoms with Crippen molar-refractivity contribution in [1.29, 1.82) is 0 Å². The highest BCUT2D eigenvalue weighted by Crippen LogP contribution is 2.33. The van der Waals surface area contributed by atoms with Crippen molar-refractivity contribution < 1.29 is 13.2 Å². The molecule has 0 aliphatic carbocycles. The molecule has 1 aliphatic heterocycles. The van der Waals surface area contributed by atoms with Gasteiger partial charge in [0.05, 0.1) is 5.56 Å². The first-order valence-electron chi connectivity index (χ1n) is 7.39. The number of hydrogen-bond donors (Lipinski definition) is 1. The molecule has 2 atom stereocenters. The van der Waals surface area contributed by atoms with Crippen molar-refractivity contribution in [3.63, 3.8) is 0 Å². The van der Waals surface area contributed by atoms with Gasteiger partial charge in [-0.15, -0.1) is 0 Å². The zero-order valence-electron chi connectivity index (χ0n) is 11.8. The van der Waals surface area contributed by atoms with E-state index in [1.54, 1.807) is 12.1 Å². The minimum atomic E-state index is -4.25. The molecule has 0 spiro atoms. The Morgan fingerprint density at radius 3 is 2.70 bits per heavy atom. The van der Waals surface area contributed by atoms with Crippen molar-refractivity contribution >= 4 is 0 Å². The number of nitrogens with one attached hydrogen (secondary N) is 1. The second-order valence-corrected chi connectivity index (χ2v) is 5.64. The normalized spacial score (nSPS) is 23.8. The number of hydrogen-bond acceptors (Lipinski definition) is 1. The molecule has 0 amide bonds. The first-order valence-corrected chi connectivity index (χ1v) is 7.39. The smallest absolute Gasteiger partial charge is 0.314 e. The summed E-state index contributed by atoms with van der Waals surface area (Å²) >= 11 is 0. The van der Waals surface area contributed by atoms with Crippen LogP contribution in [-0.4, -0.2) is 12.6 Å². The van der Waals surface area contributed by atoms with Gasteiger partial charge in [-0.3, -0.25) is 0 Å². The van der Waals surface area contributed by atoms with Crippen LogP contribution in [0.3, 0.4) is 0 Å². The van der Waals surface area contributed by atoms with Crippen LogP contribution in [-0.2, 0) is 12.6 Å². The Hall–Kier alpha value is -1.03. The fourth-order valence-electron chi connectivity index (χ4n) is 3.03. The molecule has 4 heteroatoms. The summed E-state index contributed by atoms with van der Waals surface area (Å²) in [6, 6.07) is 6.28. The average Bonchev–Trinajstić information content (AvgIpc) is 2.44. The molecule has 112 valence electrons. The number of halogens is 3. The lowest BCUT2D eigenvalue weighted by atomic mass is 9.87. The molecule has 1 nitrogen and oxygen atoms in total. The minimum Gasteiger partial charge on any atom is -0.314 e. The van der Waals surface area contributed by atoms with Crippen LogP contribution in [0.15, 0.2) is 24.3 Å². The zero-order valence-corrected chi connectivity index (χ0v) is 11.8. The van der Waals surface area contributed by atoms with E-state index in [1.807, 2.05) is 0 Å². The molecule has 1 fully saturated rings. The Kier molecular flexibility index (Phi) is 5.08. The molecule has 20 heavy (non-hydrogen) atoms. The topological polar surface area (TPSA) is 12.0 Å². The molecule has 1 aromatic rings. The van der Waals surface area contributed by atoms with E-state index >= 15 is 0 Å². The highest BCUT2D eigenvalue weighted by Gasteiger charge is 2.33. The summed E-state index contributed by atoms with van der Waals surface area (Å²) in [6.45, 7) is 3.18. The van der Waals surface area contributed by atoms with Gasteiger partial charge >= 0.3 is 6.18 Å². The van der Waals surface area contributed by atoms with E-state index in [-0.39, 0.29) is 0 Å². The third-order valence-electron chi connectivity index (χ3n) is 4.27. The Morgan fingerprint density at radius 1 is 1.25 bits per heavy atom. The lowest BCUT2D eigenvalue weighted by Gasteiger charge is -2.30. The summed E-state index contributed by atoms with van der Waals surface area (Å²) < 4.78 is 38.7. The van der Waals surface area contributed by atoms with Gasteiger partial charge < -0.3 is 5.32 Å². The molecule has 0 radical (unpaired) electrons. The van der Waals surface area contributed by atoms with Crippen LogP contribution in [0.25, 0.3) is 0 Å². The summed E-state index contributed by atoms with van der Waals surface area (Å²) in [5.41, 5.74) is -0.0664. The van der Waals surface area contributed by atoms with Gasteiger partial charge in [-0.05, 0) is 49.8 Å². The van der Waals surface area contributed by atoms with Gasteiger partial charge in [-0.2, -0.15) is 13.2 Å². The van der Waals surface area contributed by atoms with Gasteiger partial charge in [0.1, 0.15) is 0 Å². The number of piperidine rings is 1. The van der Waals surface area contributed by atoms with Gasteiger partial charge in [-0.25, -0.2) is 0 Å². The fourth-order valence-corrected chi connectivity index (χ4v) is 3.03. The maximum atomic E-state index is 12.9. The standard InChI is InChI=1S/C16H22F3N/c1-2-12-9-10-20-14(11-12)8-7-13-5-3-4-6-15(13)16(17,18)19/h3-6,12,14,20H,2,7-11H2,1H3. The predicted octanol–water partition coefficient (Wildman–Crippen LogP) is 4.42. The predicted molar refractivity (Wildman–Crippen MR) is 74.6 cm³/mol. The molecule has 1 aromatic carbocycles. The highest BCUT2D eigenvalue weighted by atomic mass is 19.4. The maximum absolute atomic E-state index is 12.9.